The lowest BCUT2D eigenvalue weighted by atomic mass is 10.2. The van der Waals surface area contributed by atoms with Crippen LogP contribution in [0.1, 0.15) is 6.42 Å². The molecule has 0 unspecified atom stereocenters. The summed E-state index contributed by atoms with van der Waals surface area (Å²) in [4.78, 5) is 28.8. The summed E-state index contributed by atoms with van der Waals surface area (Å²) in [5, 5.41) is 5.26. The number of nitrogens with zero attached hydrogens (tertiary/aromatic N) is 2. The number of ether oxygens (including phenoxy) is 2. The van der Waals surface area contributed by atoms with E-state index in [2.05, 4.69) is 32.6 Å². The number of hydrogen-bond donors (Lipinski definition) is 2. The maximum absolute atomic E-state index is 12.0. The number of rotatable bonds is 8. The summed E-state index contributed by atoms with van der Waals surface area (Å²) in [5.41, 5.74) is 1.73. The first-order chi connectivity index (χ1) is 15.1. The second-order valence-corrected chi connectivity index (χ2v) is 7.32. The van der Waals surface area contributed by atoms with Gasteiger partial charge in [0.05, 0.1) is 14.2 Å². The van der Waals surface area contributed by atoms with Gasteiger partial charge in [0.2, 0.25) is 0 Å². The average Bonchev–Trinajstić information content (AvgIpc) is 2.82. The molecular formula is C23H30N4O4. The topological polar surface area (TPSA) is 83.1 Å². The molecule has 0 radical (unpaired) electrons. The maximum atomic E-state index is 12.0. The molecule has 0 aliphatic carbocycles. The Morgan fingerprint density at radius 3 is 2.29 bits per heavy atom. The van der Waals surface area contributed by atoms with Gasteiger partial charge in [-0.05, 0) is 49.4 Å². The van der Waals surface area contributed by atoms with E-state index in [0.29, 0.717) is 18.0 Å². The smallest absolute Gasteiger partial charge is 0.313 e. The molecule has 0 atom stereocenters. The molecule has 3 rings (SSSR count). The van der Waals surface area contributed by atoms with E-state index in [1.807, 2.05) is 12.1 Å². The zero-order valence-electron chi connectivity index (χ0n) is 18.1. The molecule has 0 aromatic heterocycles. The largest absolute Gasteiger partial charge is 0.497 e. The monoisotopic (exact) mass is 426 g/mol. The van der Waals surface area contributed by atoms with E-state index in [-0.39, 0.29) is 0 Å². The van der Waals surface area contributed by atoms with Gasteiger partial charge in [-0.1, -0.05) is 6.07 Å². The van der Waals surface area contributed by atoms with E-state index in [9.17, 15) is 9.59 Å². The van der Waals surface area contributed by atoms with Crippen LogP contribution >= 0.6 is 0 Å². The number of anilines is 2. The molecule has 1 aliphatic rings. The average molecular weight is 427 g/mol. The highest BCUT2D eigenvalue weighted by Crippen LogP contribution is 2.20. The Balaban J connectivity index is 1.32. The lowest BCUT2D eigenvalue weighted by Gasteiger charge is -2.36. The van der Waals surface area contributed by atoms with Crippen LogP contribution in [0.3, 0.4) is 0 Å². The van der Waals surface area contributed by atoms with Crippen LogP contribution in [0.25, 0.3) is 0 Å². The van der Waals surface area contributed by atoms with E-state index < -0.39 is 11.8 Å². The van der Waals surface area contributed by atoms with Gasteiger partial charge in [-0.3, -0.25) is 14.5 Å². The molecule has 31 heavy (non-hydrogen) atoms. The van der Waals surface area contributed by atoms with Crippen molar-refractivity contribution in [3.05, 3.63) is 48.5 Å². The quantitative estimate of drug-likeness (QED) is 0.496. The molecule has 8 nitrogen and oxygen atoms in total. The van der Waals surface area contributed by atoms with Crippen molar-refractivity contribution in [2.75, 3.05) is 63.7 Å². The number of piperazine rings is 1. The third-order valence-corrected chi connectivity index (χ3v) is 5.28. The summed E-state index contributed by atoms with van der Waals surface area (Å²) in [6.07, 6.45) is 0.792. The lowest BCUT2D eigenvalue weighted by Crippen LogP contribution is -2.47. The van der Waals surface area contributed by atoms with Gasteiger partial charge >= 0.3 is 11.8 Å². The van der Waals surface area contributed by atoms with Gasteiger partial charge in [-0.15, -0.1) is 0 Å². The molecule has 0 bridgehead atoms. The molecule has 166 valence electrons. The highest BCUT2D eigenvalue weighted by atomic mass is 16.5. The van der Waals surface area contributed by atoms with Crippen LogP contribution in [0.2, 0.25) is 0 Å². The molecule has 2 amide bonds. The van der Waals surface area contributed by atoms with Crippen LogP contribution in [-0.2, 0) is 9.59 Å². The van der Waals surface area contributed by atoms with Crippen LogP contribution in [0.5, 0.6) is 11.5 Å². The predicted molar refractivity (Wildman–Crippen MR) is 121 cm³/mol. The maximum Gasteiger partial charge on any atom is 0.313 e. The molecule has 2 N–H and O–H groups in total. The van der Waals surface area contributed by atoms with E-state index in [4.69, 9.17) is 9.47 Å². The van der Waals surface area contributed by atoms with Gasteiger partial charge in [-0.2, -0.15) is 0 Å². The molecule has 8 heteroatoms. The number of nitrogens with one attached hydrogen (secondary N) is 2. The minimum Gasteiger partial charge on any atom is -0.497 e. The molecule has 1 fully saturated rings. The second-order valence-electron chi connectivity index (χ2n) is 7.32. The second kappa shape index (κ2) is 11.2. The van der Waals surface area contributed by atoms with Gasteiger partial charge in [0, 0.05) is 50.2 Å². The first-order valence-electron chi connectivity index (χ1n) is 10.4. The summed E-state index contributed by atoms with van der Waals surface area (Å²) in [5.74, 6) is 0.167. The molecule has 0 saturated carbocycles. The van der Waals surface area contributed by atoms with E-state index in [1.54, 1.807) is 38.5 Å². The molecule has 0 spiro atoms. The fourth-order valence-electron chi connectivity index (χ4n) is 3.50. The van der Waals surface area contributed by atoms with Crippen LogP contribution in [0.4, 0.5) is 11.4 Å². The number of carbonyl (C=O) groups is 2. The minimum absolute atomic E-state index is 0.461. The number of carbonyl (C=O) groups excluding carboxylic acids is 2. The molecule has 2 aromatic carbocycles. The van der Waals surface area contributed by atoms with E-state index in [1.165, 1.54) is 5.69 Å². The Hall–Kier alpha value is -3.26. The predicted octanol–water partition coefficient (Wildman–Crippen LogP) is 1.97. The lowest BCUT2D eigenvalue weighted by molar-refractivity contribution is -0.136. The zero-order chi connectivity index (χ0) is 22.1. The number of benzene rings is 2. The highest BCUT2D eigenvalue weighted by Gasteiger charge is 2.17. The van der Waals surface area contributed by atoms with Gasteiger partial charge in [0.15, 0.2) is 0 Å². The van der Waals surface area contributed by atoms with Gasteiger partial charge in [0.1, 0.15) is 11.5 Å². The van der Waals surface area contributed by atoms with Crippen molar-refractivity contribution in [3.63, 3.8) is 0 Å². The summed E-state index contributed by atoms with van der Waals surface area (Å²) < 4.78 is 10.3. The number of amides is 2. The Labute approximate surface area is 183 Å². The van der Waals surface area contributed by atoms with Crippen molar-refractivity contribution < 1.29 is 19.1 Å². The van der Waals surface area contributed by atoms with Crippen LogP contribution < -0.4 is 25.0 Å². The van der Waals surface area contributed by atoms with Crippen molar-refractivity contribution in [1.82, 2.24) is 10.2 Å². The van der Waals surface area contributed by atoms with Gasteiger partial charge < -0.3 is 25.0 Å². The standard InChI is InChI=1S/C23H30N4O4/c1-30-20-9-7-19(8-10-20)27-15-13-26(14-16-27)12-4-11-24-22(28)23(29)25-18-5-3-6-21(17-18)31-2/h3,5-10,17H,4,11-16H2,1-2H3,(H,24,28)(H,25,29). The Kier molecular flexibility index (Phi) is 8.12. The third kappa shape index (κ3) is 6.62. The Morgan fingerprint density at radius 2 is 1.61 bits per heavy atom. The van der Waals surface area contributed by atoms with Crippen LogP contribution in [0.15, 0.2) is 48.5 Å². The van der Waals surface area contributed by atoms with Crippen LogP contribution in [0, 0.1) is 0 Å². The van der Waals surface area contributed by atoms with Crippen molar-refractivity contribution >= 4 is 23.2 Å². The fourth-order valence-corrected chi connectivity index (χ4v) is 3.50. The SMILES string of the molecule is COc1ccc(N2CCN(CCCNC(=O)C(=O)Nc3cccc(OC)c3)CC2)cc1. The van der Waals surface area contributed by atoms with Crippen molar-refractivity contribution in [3.8, 4) is 11.5 Å². The van der Waals surface area contributed by atoms with E-state index in [0.717, 1.165) is 44.9 Å². The molecule has 1 aliphatic heterocycles. The first kappa shape index (κ1) is 22.4. The molecule has 1 saturated heterocycles. The van der Waals surface area contributed by atoms with Crippen molar-refractivity contribution in [2.24, 2.45) is 0 Å². The molecular weight excluding hydrogens is 396 g/mol. The summed E-state index contributed by atoms with van der Waals surface area (Å²) >= 11 is 0. The number of hydrogen-bond acceptors (Lipinski definition) is 6. The fraction of sp³-hybridized carbons (Fsp3) is 0.391. The Bertz CT molecular complexity index is 864. The normalized spacial score (nSPS) is 14.1. The van der Waals surface area contributed by atoms with Crippen LogP contribution in [-0.4, -0.2) is 70.2 Å². The van der Waals surface area contributed by atoms with Crippen molar-refractivity contribution in [1.29, 1.82) is 0 Å². The first-order valence-corrected chi connectivity index (χ1v) is 10.4. The third-order valence-electron chi connectivity index (χ3n) is 5.28. The molecule has 1 heterocycles. The van der Waals surface area contributed by atoms with Gasteiger partial charge in [-0.25, -0.2) is 0 Å². The van der Waals surface area contributed by atoms with E-state index >= 15 is 0 Å². The van der Waals surface area contributed by atoms with Crippen molar-refractivity contribution in [2.45, 2.75) is 6.42 Å². The zero-order valence-corrected chi connectivity index (χ0v) is 18.1. The minimum atomic E-state index is -0.679. The number of methoxy groups -OCH3 is 2. The Morgan fingerprint density at radius 1 is 0.903 bits per heavy atom. The highest BCUT2D eigenvalue weighted by molar-refractivity contribution is 6.39. The van der Waals surface area contributed by atoms with Gasteiger partial charge in [0.25, 0.3) is 0 Å². The summed E-state index contributed by atoms with van der Waals surface area (Å²) in [6.45, 7) is 5.20. The summed E-state index contributed by atoms with van der Waals surface area (Å²) in [6, 6.07) is 15.0. The summed E-state index contributed by atoms with van der Waals surface area (Å²) in [7, 11) is 3.22. The molecule has 2 aromatic rings.